The van der Waals surface area contributed by atoms with Crippen LogP contribution in [0.15, 0.2) is 28.6 Å². The Morgan fingerprint density at radius 2 is 2.04 bits per heavy atom. The molecule has 1 aliphatic carbocycles. The van der Waals surface area contributed by atoms with E-state index in [2.05, 4.69) is 27.8 Å². The number of aromatic nitrogens is 2. The molecule has 1 aromatic heterocycles. The molecule has 26 heavy (non-hydrogen) atoms. The van der Waals surface area contributed by atoms with E-state index in [0.717, 1.165) is 34.5 Å². The second-order valence-corrected chi connectivity index (χ2v) is 8.71. The molecule has 1 amide bonds. The molecule has 1 aliphatic rings. The number of carbonyl (C=O) groups excluding carboxylic acids is 1. The first-order chi connectivity index (χ1) is 12.6. The summed E-state index contributed by atoms with van der Waals surface area (Å²) >= 11 is 2.85. The van der Waals surface area contributed by atoms with Crippen LogP contribution < -0.4 is 15.4 Å². The molecule has 1 heterocycles. The van der Waals surface area contributed by atoms with E-state index in [1.54, 1.807) is 7.11 Å². The molecule has 6 nitrogen and oxygen atoms in total. The van der Waals surface area contributed by atoms with Crippen LogP contribution in [0.2, 0.25) is 0 Å². The first-order valence-corrected chi connectivity index (χ1v) is 10.6. The third-order valence-electron chi connectivity index (χ3n) is 4.46. The molecule has 3 rings (SSSR count). The maximum Gasteiger partial charge on any atom is 0.230 e. The van der Waals surface area contributed by atoms with E-state index in [1.807, 2.05) is 24.3 Å². The molecule has 2 N–H and O–H groups in total. The molecule has 140 valence electrons. The third-order valence-corrected chi connectivity index (χ3v) is 6.43. The minimum atomic E-state index is 0.0731. The quantitative estimate of drug-likeness (QED) is 0.692. The van der Waals surface area contributed by atoms with Gasteiger partial charge in [0.15, 0.2) is 4.34 Å². The van der Waals surface area contributed by atoms with Crippen molar-refractivity contribution in [3.05, 3.63) is 24.3 Å². The van der Waals surface area contributed by atoms with E-state index < -0.39 is 0 Å². The van der Waals surface area contributed by atoms with Crippen LogP contribution in [-0.4, -0.2) is 35.0 Å². The molecule has 1 fully saturated rings. The van der Waals surface area contributed by atoms with E-state index in [0.29, 0.717) is 16.9 Å². The highest BCUT2D eigenvalue weighted by molar-refractivity contribution is 8.01. The van der Waals surface area contributed by atoms with E-state index in [1.165, 1.54) is 35.9 Å². The lowest BCUT2D eigenvalue weighted by atomic mass is 9.87. The zero-order valence-corrected chi connectivity index (χ0v) is 16.7. The molecule has 1 saturated carbocycles. The van der Waals surface area contributed by atoms with E-state index in [9.17, 15) is 4.79 Å². The van der Waals surface area contributed by atoms with Gasteiger partial charge in [-0.25, -0.2) is 0 Å². The topological polar surface area (TPSA) is 76.1 Å². The summed E-state index contributed by atoms with van der Waals surface area (Å²) in [5.74, 6) is 1.98. The molecule has 2 aromatic rings. The molecule has 0 aliphatic heterocycles. The molecular weight excluding hydrogens is 368 g/mol. The number of nitrogens with one attached hydrogen (secondary N) is 2. The Morgan fingerprint density at radius 1 is 1.27 bits per heavy atom. The zero-order chi connectivity index (χ0) is 18.4. The van der Waals surface area contributed by atoms with Crippen molar-refractivity contribution in [2.75, 3.05) is 18.2 Å². The Labute approximate surface area is 162 Å². The summed E-state index contributed by atoms with van der Waals surface area (Å²) in [6, 6.07) is 7.98. The van der Waals surface area contributed by atoms with Crippen molar-refractivity contribution in [3.63, 3.8) is 0 Å². The average Bonchev–Trinajstić information content (AvgIpc) is 3.10. The van der Waals surface area contributed by atoms with Gasteiger partial charge >= 0.3 is 0 Å². The van der Waals surface area contributed by atoms with Crippen molar-refractivity contribution >= 4 is 39.8 Å². The molecular formula is C18H24N4O2S2. The molecule has 0 saturated heterocycles. The zero-order valence-electron chi connectivity index (χ0n) is 15.0. The maximum atomic E-state index is 12.1. The number of carbonyl (C=O) groups is 1. The van der Waals surface area contributed by atoms with Crippen LogP contribution in [0.3, 0.4) is 0 Å². The fraction of sp³-hybridized carbons (Fsp3) is 0.500. The van der Waals surface area contributed by atoms with Crippen LogP contribution in [0, 0.1) is 5.92 Å². The molecule has 1 aromatic carbocycles. The minimum absolute atomic E-state index is 0.0731. The minimum Gasteiger partial charge on any atom is -0.495 e. The van der Waals surface area contributed by atoms with Gasteiger partial charge in [-0.05, 0) is 43.7 Å². The van der Waals surface area contributed by atoms with Gasteiger partial charge in [-0.1, -0.05) is 42.2 Å². The van der Waals surface area contributed by atoms with Gasteiger partial charge in [0.25, 0.3) is 0 Å². The van der Waals surface area contributed by atoms with E-state index in [-0.39, 0.29) is 5.91 Å². The number of benzene rings is 1. The van der Waals surface area contributed by atoms with Crippen LogP contribution in [-0.2, 0) is 4.79 Å². The van der Waals surface area contributed by atoms with Crippen LogP contribution in [0.1, 0.15) is 32.6 Å². The summed E-state index contributed by atoms with van der Waals surface area (Å²) in [4.78, 5) is 12.1. The highest BCUT2D eigenvalue weighted by Gasteiger charge is 2.20. The second kappa shape index (κ2) is 9.23. The largest absolute Gasteiger partial charge is 0.495 e. The number of rotatable bonds is 7. The molecule has 0 spiro atoms. The lowest BCUT2D eigenvalue weighted by Crippen LogP contribution is -2.38. The van der Waals surface area contributed by atoms with Gasteiger partial charge in [-0.15, -0.1) is 10.2 Å². The number of nitrogens with zero attached hydrogens (tertiary/aromatic N) is 2. The molecule has 0 unspecified atom stereocenters. The van der Waals surface area contributed by atoms with Gasteiger partial charge in [0.2, 0.25) is 11.0 Å². The van der Waals surface area contributed by atoms with Crippen LogP contribution in [0.4, 0.5) is 10.8 Å². The molecule has 8 heteroatoms. The number of hydrogen-bond acceptors (Lipinski definition) is 7. The van der Waals surface area contributed by atoms with Crippen LogP contribution in [0.25, 0.3) is 0 Å². The molecule has 0 bridgehead atoms. The van der Waals surface area contributed by atoms with Gasteiger partial charge < -0.3 is 15.4 Å². The molecule has 0 atom stereocenters. The predicted molar refractivity (Wildman–Crippen MR) is 106 cm³/mol. The van der Waals surface area contributed by atoms with Gasteiger partial charge in [0.1, 0.15) is 5.75 Å². The first kappa shape index (κ1) is 19.0. The normalized spacial score (nSPS) is 19.8. The van der Waals surface area contributed by atoms with Crippen molar-refractivity contribution < 1.29 is 9.53 Å². The number of ether oxygens (including phenoxy) is 1. The van der Waals surface area contributed by atoms with Crippen molar-refractivity contribution in [1.82, 2.24) is 15.5 Å². The number of amides is 1. The SMILES string of the molecule is COc1ccccc1Nc1nnc(SCC(=O)NC2CCC(C)CC2)s1. The number of thioether (sulfide) groups is 1. The van der Waals surface area contributed by atoms with Gasteiger partial charge in [-0.2, -0.15) is 0 Å². The Morgan fingerprint density at radius 3 is 2.81 bits per heavy atom. The summed E-state index contributed by atoms with van der Waals surface area (Å²) in [5, 5.41) is 15.3. The van der Waals surface area contributed by atoms with Crippen LogP contribution in [0.5, 0.6) is 5.75 Å². The average molecular weight is 393 g/mol. The van der Waals surface area contributed by atoms with E-state index in [4.69, 9.17) is 4.74 Å². The van der Waals surface area contributed by atoms with E-state index >= 15 is 0 Å². The van der Waals surface area contributed by atoms with Crippen molar-refractivity contribution in [2.24, 2.45) is 5.92 Å². The fourth-order valence-corrected chi connectivity index (χ4v) is 4.56. The highest BCUT2D eigenvalue weighted by Crippen LogP contribution is 2.31. The molecule has 0 radical (unpaired) electrons. The monoisotopic (exact) mass is 392 g/mol. The smallest absolute Gasteiger partial charge is 0.230 e. The van der Waals surface area contributed by atoms with Crippen LogP contribution >= 0.6 is 23.1 Å². The summed E-state index contributed by atoms with van der Waals surface area (Å²) in [6.07, 6.45) is 4.58. The lowest BCUT2D eigenvalue weighted by molar-refractivity contribution is -0.119. The van der Waals surface area contributed by atoms with Gasteiger partial charge in [0, 0.05) is 6.04 Å². The lowest BCUT2D eigenvalue weighted by Gasteiger charge is -2.26. The Kier molecular flexibility index (Phi) is 6.73. The number of hydrogen-bond donors (Lipinski definition) is 2. The van der Waals surface area contributed by atoms with Crippen molar-refractivity contribution in [3.8, 4) is 5.75 Å². The number of anilines is 2. The maximum absolute atomic E-state index is 12.1. The summed E-state index contributed by atoms with van der Waals surface area (Å²) in [5.41, 5.74) is 0.840. The van der Waals surface area contributed by atoms with Gasteiger partial charge in [-0.3, -0.25) is 4.79 Å². The second-order valence-electron chi connectivity index (χ2n) is 6.51. The third kappa shape index (κ3) is 5.35. The number of para-hydroxylation sites is 2. The fourth-order valence-electron chi connectivity index (χ4n) is 2.98. The Balaban J connectivity index is 1.47. The summed E-state index contributed by atoms with van der Waals surface area (Å²) in [7, 11) is 1.63. The summed E-state index contributed by atoms with van der Waals surface area (Å²) < 4.78 is 6.09. The Hall–Kier alpha value is -1.80. The predicted octanol–water partition coefficient (Wildman–Crippen LogP) is 4.08. The van der Waals surface area contributed by atoms with Gasteiger partial charge in [0.05, 0.1) is 18.6 Å². The summed E-state index contributed by atoms with van der Waals surface area (Å²) in [6.45, 7) is 2.28. The number of methoxy groups -OCH3 is 1. The first-order valence-electron chi connectivity index (χ1n) is 8.79. The standard InChI is InChI=1S/C18H24N4O2S2/c1-12-7-9-13(10-8-12)19-16(23)11-25-18-22-21-17(26-18)20-14-5-3-4-6-15(14)24-2/h3-6,12-13H,7-11H2,1-2H3,(H,19,23)(H,20,21). The van der Waals surface area contributed by atoms with Crippen molar-refractivity contribution in [1.29, 1.82) is 0 Å². The highest BCUT2D eigenvalue weighted by atomic mass is 32.2. The Bertz CT molecular complexity index is 729. The van der Waals surface area contributed by atoms with Crippen molar-refractivity contribution in [2.45, 2.75) is 43.0 Å².